The topological polar surface area (TPSA) is 55.8 Å². The highest BCUT2D eigenvalue weighted by molar-refractivity contribution is 5.69. The zero-order valence-corrected chi connectivity index (χ0v) is 32.9. The SMILES string of the molecule is CC/C=C\C/C=C\C/C=C\C/C=C\CCCCCCCCCCCCCOCC(CO)OC(=O)CCCCCCC/C=C\C/C=C\CCCC. The lowest BCUT2D eigenvalue weighted by Gasteiger charge is -2.15. The van der Waals surface area contributed by atoms with E-state index in [9.17, 15) is 9.90 Å². The van der Waals surface area contributed by atoms with Gasteiger partial charge in [0.25, 0.3) is 0 Å². The number of esters is 1. The molecule has 0 aliphatic heterocycles. The predicted octanol–water partition coefficient (Wildman–Crippen LogP) is 13.8. The highest BCUT2D eigenvalue weighted by Gasteiger charge is 2.13. The standard InChI is InChI=1S/C46H80O4/c1-3-5-7-9-11-13-15-17-19-20-21-22-23-24-25-26-27-28-30-32-34-36-38-40-42-49-44-45(43-47)50-46(48)41-39-37-35-33-31-29-18-16-14-12-10-8-6-4-2/h5,7,10-13,16-19,21-22,45,47H,3-4,6,8-9,14-15,20,23-44H2,1-2H3/b7-5-,12-10-,13-11-,18-16-,19-17-,22-21-. The fourth-order valence-electron chi connectivity index (χ4n) is 5.63. The van der Waals surface area contributed by atoms with E-state index in [1.54, 1.807) is 0 Å². The third kappa shape index (κ3) is 40.3. The number of aliphatic hydroxyl groups excluding tert-OH is 1. The van der Waals surface area contributed by atoms with Gasteiger partial charge < -0.3 is 14.6 Å². The Labute approximate surface area is 310 Å². The second kappa shape index (κ2) is 43.0. The van der Waals surface area contributed by atoms with Crippen molar-refractivity contribution in [2.24, 2.45) is 0 Å². The summed E-state index contributed by atoms with van der Waals surface area (Å²) in [6.45, 7) is 5.17. The number of allylic oxidation sites excluding steroid dienone is 12. The van der Waals surface area contributed by atoms with E-state index in [1.165, 1.54) is 103 Å². The van der Waals surface area contributed by atoms with E-state index in [0.717, 1.165) is 64.2 Å². The first-order valence-electron chi connectivity index (χ1n) is 21.0. The molecule has 0 saturated carbocycles. The van der Waals surface area contributed by atoms with E-state index in [4.69, 9.17) is 9.47 Å². The fraction of sp³-hybridized carbons (Fsp3) is 0.717. The molecule has 0 aromatic rings. The van der Waals surface area contributed by atoms with Gasteiger partial charge in [0.2, 0.25) is 0 Å². The Balaban J connectivity index is 3.46. The van der Waals surface area contributed by atoms with E-state index in [1.807, 2.05) is 0 Å². The van der Waals surface area contributed by atoms with E-state index < -0.39 is 6.10 Å². The number of aliphatic hydroxyl groups is 1. The molecule has 0 aromatic heterocycles. The van der Waals surface area contributed by atoms with Crippen molar-refractivity contribution < 1.29 is 19.4 Å². The fourth-order valence-corrected chi connectivity index (χ4v) is 5.63. The van der Waals surface area contributed by atoms with Gasteiger partial charge in [0.1, 0.15) is 6.10 Å². The minimum Gasteiger partial charge on any atom is -0.457 e. The van der Waals surface area contributed by atoms with Gasteiger partial charge in [0, 0.05) is 13.0 Å². The molecule has 0 bridgehead atoms. The first-order valence-corrected chi connectivity index (χ1v) is 21.0. The third-order valence-electron chi connectivity index (χ3n) is 8.77. The monoisotopic (exact) mass is 697 g/mol. The van der Waals surface area contributed by atoms with Crippen LogP contribution in [0, 0.1) is 0 Å². The van der Waals surface area contributed by atoms with Gasteiger partial charge in [0.15, 0.2) is 0 Å². The number of ether oxygens (including phenoxy) is 2. The van der Waals surface area contributed by atoms with E-state index >= 15 is 0 Å². The van der Waals surface area contributed by atoms with Gasteiger partial charge in [-0.2, -0.15) is 0 Å². The molecule has 0 rings (SSSR count). The Hall–Kier alpha value is -2.17. The van der Waals surface area contributed by atoms with Gasteiger partial charge >= 0.3 is 5.97 Å². The van der Waals surface area contributed by atoms with Gasteiger partial charge in [-0.1, -0.05) is 177 Å². The summed E-state index contributed by atoms with van der Waals surface area (Å²) in [7, 11) is 0. The first-order chi connectivity index (χ1) is 24.7. The third-order valence-corrected chi connectivity index (χ3v) is 8.77. The van der Waals surface area contributed by atoms with Gasteiger partial charge in [0.05, 0.1) is 13.2 Å². The normalized spacial score (nSPS) is 13.1. The zero-order valence-electron chi connectivity index (χ0n) is 32.9. The number of hydrogen-bond donors (Lipinski definition) is 1. The highest BCUT2D eigenvalue weighted by Crippen LogP contribution is 2.13. The predicted molar refractivity (Wildman–Crippen MR) is 219 cm³/mol. The van der Waals surface area contributed by atoms with Crippen LogP contribution in [0.25, 0.3) is 0 Å². The zero-order chi connectivity index (χ0) is 36.3. The molecule has 288 valence electrons. The van der Waals surface area contributed by atoms with Crippen molar-refractivity contribution >= 4 is 5.97 Å². The molecule has 1 atom stereocenters. The summed E-state index contributed by atoms with van der Waals surface area (Å²) in [5.74, 6) is -0.218. The molecule has 0 saturated heterocycles. The molecule has 1 N–H and O–H groups in total. The summed E-state index contributed by atoms with van der Waals surface area (Å²) in [6.07, 6.45) is 58.2. The molecule has 0 fully saturated rings. The van der Waals surface area contributed by atoms with Crippen LogP contribution in [0.5, 0.6) is 0 Å². The van der Waals surface area contributed by atoms with Crippen LogP contribution < -0.4 is 0 Å². The molecule has 0 aromatic carbocycles. The molecular formula is C46H80O4. The largest absolute Gasteiger partial charge is 0.457 e. The molecule has 1 unspecified atom stereocenters. The molecule has 0 spiro atoms. The Bertz CT molecular complexity index is 865. The van der Waals surface area contributed by atoms with E-state index in [0.29, 0.717) is 13.0 Å². The maximum Gasteiger partial charge on any atom is 0.306 e. The van der Waals surface area contributed by atoms with Crippen LogP contribution in [0.1, 0.15) is 187 Å². The van der Waals surface area contributed by atoms with Crippen molar-refractivity contribution in [2.75, 3.05) is 19.8 Å². The summed E-state index contributed by atoms with van der Waals surface area (Å²) >= 11 is 0. The minimum atomic E-state index is -0.546. The van der Waals surface area contributed by atoms with Crippen LogP contribution in [0.4, 0.5) is 0 Å². The summed E-state index contributed by atoms with van der Waals surface area (Å²) in [5.41, 5.74) is 0. The van der Waals surface area contributed by atoms with Crippen molar-refractivity contribution in [1.82, 2.24) is 0 Å². The van der Waals surface area contributed by atoms with Crippen LogP contribution in [-0.2, 0) is 14.3 Å². The summed E-state index contributed by atoms with van der Waals surface area (Å²) in [5, 5.41) is 9.59. The van der Waals surface area contributed by atoms with Crippen LogP contribution in [-0.4, -0.2) is 37.0 Å². The molecule has 4 nitrogen and oxygen atoms in total. The lowest BCUT2D eigenvalue weighted by Crippen LogP contribution is -2.27. The smallest absolute Gasteiger partial charge is 0.306 e. The van der Waals surface area contributed by atoms with Crippen molar-refractivity contribution in [2.45, 2.75) is 193 Å². The molecule has 0 aliphatic rings. The molecule has 50 heavy (non-hydrogen) atoms. The van der Waals surface area contributed by atoms with Crippen molar-refractivity contribution in [3.63, 3.8) is 0 Å². The number of carbonyl (C=O) groups is 1. The van der Waals surface area contributed by atoms with Crippen LogP contribution in [0.2, 0.25) is 0 Å². The summed E-state index contributed by atoms with van der Waals surface area (Å²) in [4.78, 5) is 12.2. The Morgan fingerprint density at radius 1 is 0.500 bits per heavy atom. The van der Waals surface area contributed by atoms with E-state index in [2.05, 4.69) is 86.8 Å². The van der Waals surface area contributed by atoms with Crippen LogP contribution in [0.15, 0.2) is 72.9 Å². The van der Waals surface area contributed by atoms with Gasteiger partial charge in [-0.3, -0.25) is 4.79 Å². The summed E-state index contributed by atoms with van der Waals surface area (Å²) < 4.78 is 11.1. The van der Waals surface area contributed by atoms with Crippen LogP contribution in [0.3, 0.4) is 0 Å². The number of unbranched alkanes of at least 4 members (excludes halogenated alkanes) is 18. The second-order valence-corrected chi connectivity index (χ2v) is 13.7. The maximum atomic E-state index is 12.2. The van der Waals surface area contributed by atoms with E-state index in [-0.39, 0.29) is 19.2 Å². The van der Waals surface area contributed by atoms with Crippen molar-refractivity contribution in [3.8, 4) is 0 Å². The molecule has 0 aliphatic carbocycles. The Kier molecular flexibility index (Phi) is 41.1. The average Bonchev–Trinajstić information content (AvgIpc) is 3.12. The maximum absolute atomic E-state index is 12.2. The average molecular weight is 697 g/mol. The second-order valence-electron chi connectivity index (χ2n) is 13.7. The molecule has 4 heteroatoms. The lowest BCUT2D eigenvalue weighted by molar-refractivity contribution is -0.154. The van der Waals surface area contributed by atoms with Crippen molar-refractivity contribution in [1.29, 1.82) is 0 Å². The van der Waals surface area contributed by atoms with Gasteiger partial charge in [-0.25, -0.2) is 0 Å². The molecule has 0 amide bonds. The molecule has 0 radical (unpaired) electrons. The van der Waals surface area contributed by atoms with Crippen LogP contribution >= 0.6 is 0 Å². The minimum absolute atomic E-state index is 0.181. The number of rotatable bonds is 38. The molecular weight excluding hydrogens is 617 g/mol. The number of carbonyl (C=O) groups excluding carboxylic acids is 1. The lowest BCUT2D eigenvalue weighted by atomic mass is 10.1. The summed E-state index contributed by atoms with van der Waals surface area (Å²) in [6, 6.07) is 0. The molecule has 0 heterocycles. The van der Waals surface area contributed by atoms with Gasteiger partial charge in [-0.05, 0) is 77.0 Å². The highest BCUT2D eigenvalue weighted by atomic mass is 16.6. The Morgan fingerprint density at radius 3 is 1.36 bits per heavy atom. The van der Waals surface area contributed by atoms with Crippen molar-refractivity contribution in [3.05, 3.63) is 72.9 Å². The quantitative estimate of drug-likeness (QED) is 0.0397. The number of hydrogen-bond acceptors (Lipinski definition) is 4. The Morgan fingerprint density at radius 2 is 0.900 bits per heavy atom. The van der Waals surface area contributed by atoms with Gasteiger partial charge in [-0.15, -0.1) is 0 Å². The first kappa shape index (κ1) is 47.8.